The molecule has 1 aromatic carbocycles. The molecule has 14 heavy (non-hydrogen) atoms. The molecule has 0 aromatic heterocycles. The summed E-state index contributed by atoms with van der Waals surface area (Å²) in [5, 5.41) is 9.01. The molecule has 0 aliphatic heterocycles. The molecule has 0 radical (unpaired) electrons. The van der Waals surface area contributed by atoms with Crippen LogP contribution < -0.4 is 0 Å². The number of benzene rings is 1. The molecule has 0 fully saturated rings. The van der Waals surface area contributed by atoms with Gasteiger partial charge in [-0.2, -0.15) is 0 Å². The van der Waals surface area contributed by atoms with E-state index in [2.05, 4.69) is 113 Å². The lowest BCUT2D eigenvalue weighted by molar-refractivity contribution is 0.299. The molecule has 0 aliphatic carbocycles. The standard InChI is InChI=1S/C8H5I5O/c9-4-3(1-2-14)5(10)7(12)8(13)6(4)11/h14H,1-2H2. The second-order valence-electron chi connectivity index (χ2n) is 2.52. The van der Waals surface area contributed by atoms with Gasteiger partial charge >= 0.3 is 0 Å². The van der Waals surface area contributed by atoms with Crippen LogP contribution in [0.5, 0.6) is 0 Å². The summed E-state index contributed by atoms with van der Waals surface area (Å²) in [5.74, 6) is 0. The Morgan fingerprint density at radius 3 is 1.43 bits per heavy atom. The monoisotopic (exact) mass is 752 g/mol. The Labute approximate surface area is 151 Å². The topological polar surface area (TPSA) is 20.2 Å². The van der Waals surface area contributed by atoms with Crippen LogP contribution in [0.25, 0.3) is 0 Å². The number of hydrogen-bond acceptors (Lipinski definition) is 1. The van der Waals surface area contributed by atoms with E-state index in [0.29, 0.717) is 0 Å². The molecule has 0 saturated heterocycles. The first-order chi connectivity index (χ1) is 6.50. The molecule has 1 rings (SSSR count). The lowest BCUT2D eigenvalue weighted by Crippen LogP contribution is -2.05. The van der Waals surface area contributed by atoms with Gasteiger partial charge in [0.25, 0.3) is 0 Å². The second-order valence-corrected chi connectivity index (χ2v) is 7.92. The zero-order chi connectivity index (χ0) is 10.9. The Morgan fingerprint density at radius 2 is 1.07 bits per heavy atom. The molecule has 1 nitrogen and oxygen atoms in total. The van der Waals surface area contributed by atoms with E-state index in [0.717, 1.165) is 6.42 Å². The Morgan fingerprint density at radius 1 is 0.714 bits per heavy atom. The van der Waals surface area contributed by atoms with Crippen LogP contribution in [0.2, 0.25) is 0 Å². The summed E-state index contributed by atoms with van der Waals surface area (Å²) in [6, 6.07) is 0. The minimum Gasteiger partial charge on any atom is -0.396 e. The molecule has 0 amide bonds. The summed E-state index contributed by atoms with van der Waals surface area (Å²) in [6.07, 6.45) is 0.749. The summed E-state index contributed by atoms with van der Waals surface area (Å²) in [7, 11) is 0. The molecule has 0 unspecified atom stereocenters. The Bertz CT molecular complexity index is 334. The first kappa shape index (κ1) is 14.9. The predicted octanol–water partition coefficient (Wildman–Crippen LogP) is 4.24. The highest BCUT2D eigenvalue weighted by atomic mass is 127. The maximum atomic E-state index is 9.01. The fourth-order valence-corrected chi connectivity index (χ4v) is 6.39. The van der Waals surface area contributed by atoms with Crippen molar-refractivity contribution < 1.29 is 5.11 Å². The van der Waals surface area contributed by atoms with Crippen LogP contribution in [0.1, 0.15) is 5.56 Å². The lowest BCUT2D eigenvalue weighted by atomic mass is 10.2. The van der Waals surface area contributed by atoms with Crippen molar-refractivity contribution >= 4 is 113 Å². The lowest BCUT2D eigenvalue weighted by Gasteiger charge is -2.12. The first-order valence-electron chi connectivity index (χ1n) is 3.61. The Balaban J connectivity index is 3.43. The maximum absolute atomic E-state index is 9.01. The highest BCUT2D eigenvalue weighted by molar-refractivity contribution is 14.1. The van der Waals surface area contributed by atoms with E-state index < -0.39 is 0 Å². The Kier molecular flexibility index (Phi) is 7.10. The molecule has 1 N–H and O–H groups in total. The van der Waals surface area contributed by atoms with Crippen LogP contribution in [0.4, 0.5) is 0 Å². The van der Waals surface area contributed by atoms with Crippen molar-refractivity contribution in [1.82, 2.24) is 0 Å². The molecule has 1 aromatic rings. The van der Waals surface area contributed by atoms with Crippen LogP contribution in [-0.2, 0) is 6.42 Å². The molecule has 0 bridgehead atoms. The fourth-order valence-electron chi connectivity index (χ4n) is 0.982. The summed E-state index contributed by atoms with van der Waals surface area (Å²) in [5.41, 5.74) is 1.28. The van der Waals surface area contributed by atoms with Crippen LogP contribution in [-0.4, -0.2) is 11.7 Å². The summed E-state index contributed by atoms with van der Waals surface area (Å²) < 4.78 is 6.49. The summed E-state index contributed by atoms with van der Waals surface area (Å²) >= 11 is 11.9. The molecule has 6 heteroatoms. The van der Waals surface area contributed by atoms with Gasteiger partial charge in [-0.1, -0.05) is 0 Å². The van der Waals surface area contributed by atoms with Crippen molar-refractivity contribution in [3.8, 4) is 0 Å². The van der Waals surface area contributed by atoms with Gasteiger partial charge in [-0.15, -0.1) is 0 Å². The normalized spacial score (nSPS) is 10.7. The zero-order valence-electron chi connectivity index (χ0n) is 6.75. The molecule has 0 spiro atoms. The minimum atomic E-state index is 0.221. The van der Waals surface area contributed by atoms with Gasteiger partial charge in [-0.05, 0) is 125 Å². The first-order valence-corrected chi connectivity index (χ1v) is 9.01. The number of aliphatic hydroxyl groups excluding tert-OH is 1. The van der Waals surface area contributed by atoms with Crippen molar-refractivity contribution in [1.29, 1.82) is 0 Å². The third-order valence-corrected chi connectivity index (χ3v) is 11.4. The zero-order valence-corrected chi connectivity index (χ0v) is 17.5. The van der Waals surface area contributed by atoms with E-state index in [1.54, 1.807) is 0 Å². The molecule has 0 heterocycles. The van der Waals surface area contributed by atoms with E-state index in [1.807, 2.05) is 0 Å². The van der Waals surface area contributed by atoms with Crippen molar-refractivity contribution in [3.63, 3.8) is 0 Å². The van der Waals surface area contributed by atoms with E-state index in [4.69, 9.17) is 5.11 Å². The van der Waals surface area contributed by atoms with Gasteiger partial charge in [0.2, 0.25) is 0 Å². The molecule has 0 aliphatic rings. The van der Waals surface area contributed by atoms with Crippen LogP contribution >= 0.6 is 113 Å². The van der Waals surface area contributed by atoms with Gasteiger partial charge in [-0.3, -0.25) is 0 Å². The van der Waals surface area contributed by atoms with Gasteiger partial charge in [0.15, 0.2) is 0 Å². The minimum absolute atomic E-state index is 0.221. The van der Waals surface area contributed by atoms with E-state index in [9.17, 15) is 0 Å². The highest BCUT2D eigenvalue weighted by Crippen LogP contribution is 2.33. The van der Waals surface area contributed by atoms with E-state index in [1.165, 1.54) is 23.4 Å². The summed E-state index contributed by atoms with van der Waals surface area (Å²) in [6.45, 7) is 0.221. The number of aliphatic hydroxyl groups is 1. The second kappa shape index (κ2) is 6.68. The van der Waals surface area contributed by atoms with Gasteiger partial charge in [0.05, 0.1) is 0 Å². The van der Waals surface area contributed by atoms with Crippen LogP contribution in [0.15, 0.2) is 0 Å². The van der Waals surface area contributed by atoms with Gasteiger partial charge in [-0.25, -0.2) is 0 Å². The van der Waals surface area contributed by atoms with E-state index >= 15 is 0 Å². The highest BCUT2D eigenvalue weighted by Gasteiger charge is 2.16. The van der Waals surface area contributed by atoms with E-state index in [-0.39, 0.29) is 6.61 Å². The largest absolute Gasteiger partial charge is 0.396 e. The Hall–Kier alpha value is 2.83. The molecular formula is C8H5I5O. The summed E-state index contributed by atoms with van der Waals surface area (Å²) in [4.78, 5) is 0. The van der Waals surface area contributed by atoms with Gasteiger partial charge in [0, 0.05) is 24.5 Å². The molecule has 0 saturated carbocycles. The van der Waals surface area contributed by atoms with Crippen LogP contribution in [0, 0.1) is 17.9 Å². The fraction of sp³-hybridized carbons (Fsp3) is 0.250. The average molecular weight is 752 g/mol. The van der Waals surface area contributed by atoms with Crippen molar-refractivity contribution in [2.75, 3.05) is 6.61 Å². The van der Waals surface area contributed by atoms with Crippen LogP contribution in [0.3, 0.4) is 0 Å². The smallest absolute Gasteiger partial charge is 0.0472 e. The number of halogens is 5. The van der Waals surface area contributed by atoms with Gasteiger partial charge < -0.3 is 5.11 Å². The average Bonchev–Trinajstić information content (AvgIpc) is 2.19. The SMILES string of the molecule is OCCc1c(I)c(I)c(I)c(I)c1I. The quantitative estimate of drug-likeness (QED) is 0.273. The predicted molar refractivity (Wildman–Crippen MR) is 101 cm³/mol. The van der Waals surface area contributed by atoms with Crippen molar-refractivity contribution in [2.24, 2.45) is 0 Å². The molecular weight excluding hydrogens is 747 g/mol. The van der Waals surface area contributed by atoms with Crippen molar-refractivity contribution in [2.45, 2.75) is 6.42 Å². The third-order valence-electron chi connectivity index (χ3n) is 1.66. The molecule has 0 atom stereocenters. The maximum Gasteiger partial charge on any atom is 0.0472 e. The van der Waals surface area contributed by atoms with Gasteiger partial charge in [0.1, 0.15) is 0 Å². The van der Waals surface area contributed by atoms with Crippen molar-refractivity contribution in [3.05, 3.63) is 23.4 Å². The number of hydrogen-bond donors (Lipinski definition) is 1. The number of rotatable bonds is 2. The third kappa shape index (κ3) is 3.19. The molecule has 78 valence electrons.